The minimum Gasteiger partial charge on any atom is -0.368 e. The number of hydrogen-bond acceptors (Lipinski definition) is 4. The van der Waals surface area contributed by atoms with Gasteiger partial charge in [-0.15, -0.1) is 0 Å². The predicted octanol–water partition coefficient (Wildman–Crippen LogP) is 3.25. The molecule has 0 radical (unpaired) electrons. The molecule has 0 aliphatic heterocycles. The van der Waals surface area contributed by atoms with Crippen molar-refractivity contribution in [2.24, 2.45) is 11.7 Å². The monoisotopic (exact) mass is 291 g/mol. The summed E-state index contributed by atoms with van der Waals surface area (Å²) in [6, 6.07) is 5.61. The van der Waals surface area contributed by atoms with E-state index in [1.54, 1.807) is 12.1 Å². The minimum atomic E-state index is -0.337. The van der Waals surface area contributed by atoms with E-state index in [1.807, 2.05) is 13.0 Å². The number of nitrogens with zero attached hydrogens (tertiary/aromatic N) is 2. The summed E-state index contributed by atoms with van der Waals surface area (Å²) in [6.45, 7) is 5.71. The fourth-order valence-electron chi connectivity index (χ4n) is 3.53. The second-order valence-corrected chi connectivity index (χ2v) is 5.86. The van der Waals surface area contributed by atoms with Gasteiger partial charge in [-0.1, -0.05) is 12.8 Å². The molecule has 0 heterocycles. The van der Waals surface area contributed by atoms with Gasteiger partial charge in [0.05, 0.1) is 4.92 Å². The standard InChI is InChI=1S/C16H25N3O2/c1-3-18(16-7-5-4-6-13(16)11-17)15-9-8-14(19(20)21)10-12(15)2/h8-10,13,16H,3-7,11,17H2,1-2H3. The lowest BCUT2D eigenvalue weighted by molar-refractivity contribution is -0.384. The maximum absolute atomic E-state index is 10.9. The first-order chi connectivity index (χ1) is 10.1. The first-order valence-electron chi connectivity index (χ1n) is 7.80. The summed E-state index contributed by atoms with van der Waals surface area (Å²) >= 11 is 0. The molecule has 116 valence electrons. The molecule has 2 N–H and O–H groups in total. The van der Waals surface area contributed by atoms with Crippen LogP contribution in [0, 0.1) is 23.0 Å². The molecule has 2 atom stereocenters. The zero-order valence-electron chi connectivity index (χ0n) is 12.9. The SMILES string of the molecule is CCN(c1ccc([N+](=O)[O-])cc1C)C1CCCCC1CN. The van der Waals surface area contributed by atoms with Crippen molar-refractivity contribution in [3.8, 4) is 0 Å². The Kier molecular flexibility index (Phi) is 5.17. The van der Waals surface area contributed by atoms with Gasteiger partial charge in [0.25, 0.3) is 5.69 Å². The van der Waals surface area contributed by atoms with Crippen molar-refractivity contribution >= 4 is 11.4 Å². The maximum atomic E-state index is 10.9. The Balaban J connectivity index is 2.30. The lowest BCUT2D eigenvalue weighted by Gasteiger charge is -2.41. The van der Waals surface area contributed by atoms with Crippen LogP contribution in [0.15, 0.2) is 18.2 Å². The Morgan fingerprint density at radius 2 is 2.10 bits per heavy atom. The van der Waals surface area contributed by atoms with Crippen LogP contribution in [0.2, 0.25) is 0 Å². The number of hydrogen-bond donors (Lipinski definition) is 1. The van der Waals surface area contributed by atoms with Crippen LogP contribution in [0.25, 0.3) is 0 Å². The third-order valence-corrected chi connectivity index (χ3v) is 4.61. The lowest BCUT2D eigenvalue weighted by atomic mass is 9.83. The molecule has 1 aliphatic rings. The van der Waals surface area contributed by atoms with Crippen LogP contribution in [0.3, 0.4) is 0 Å². The molecule has 2 rings (SSSR count). The second kappa shape index (κ2) is 6.89. The van der Waals surface area contributed by atoms with Crippen LogP contribution in [0.5, 0.6) is 0 Å². The molecule has 0 amide bonds. The topological polar surface area (TPSA) is 72.4 Å². The number of non-ortho nitro benzene ring substituents is 1. The molecule has 5 heteroatoms. The van der Waals surface area contributed by atoms with Crippen molar-refractivity contribution in [3.63, 3.8) is 0 Å². The average Bonchev–Trinajstić information content (AvgIpc) is 2.49. The van der Waals surface area contributed by atoms with Gasteiger partial charge in [-0.25, -0.2) is 0 Å². The Bertz CT molecular complexity index is 504. The van der Waals surface area contributed by atoms with Gasteiger partial charge in [0.2, 0.25) is 0 Å². The van der Waals surface area contributed by atoms with Crippen molar-refractivity contribution in [1.82, 2.24) is 0 Å². The molecule has 1 saturated carbocycles. The molecular weight excluding hydrogens is 266 g/mol. The van der Waals surface area contributed by atoms with Gasteiger partial charge in [0, 0.05) is 30.4 Å². The summed E-state index contributed by atoms with van der Waals surface area (Å²) in [6.07, 6.45) is 4.84. The van der Waals surface area contributed by atoms with Gasteiger partial charge in [0.1, 0.15) is 0 Å². The van der Waals surface area contributed by atoms with E-state index >= 15 is 0 Å². The van der Waals surface area contributed by atoms with E-state index < -0.39 is 0 Å². The minimum absolute atomic E-state index is 0.159. The van der Waals surface area contributed by atoms with Gasteiger partial charge in [-0.3, -0.25) is 10.1 Å². The van der Waals surface area contributed by atoms with Crippen LogP contribution in [-0.4, -0.2) is 24.1 Å². The molecule has 5 nitrogen and oxygen atoms in total. The molecule has 0 bridgehead atoms. The molecule has 1 fully saturated rings. The van der Waals surface area contributed by atoms with Crippen LogP contribution < -0.4 is 10.6 Å². The molecule has 1 aromatic carbocycles. The number of nitrogens with two attached hydrogens (primary N) is 1. The summed E-state index contributed by atoms with van der Waals surface area (Å²) < 4.78 is 0. The van der Waals surface area contributed by atoms with Crippen molar-refractivity contribution in [2.45, 2.75) is 45.6 Å². The zero-order valence-corrected chi connectivity index (χ0v) is 12.9. The van der Waals surface area contributed by atoms with Gasteiger partial charge < -0.3 is 10.6 Å². The Morgan fingerprint density at radius 1 is 1.38 bits per heavy atom. The molecule has 0 spiro atoms. The largest absolute Gasteiger partial charge is 0.368 e. The number of nitro benzene ring substituents is 1. The molecule has 2 unspecified atom stereocenters. The fourth-order valence-corrected chi connectivity index (χ4v) is 3.53. The second-order valence-electron chi connectivity index (χ2n) is 5.86. The highest BCUT2D eigenvalue weighted by Gasteiger charge is 2.29. The number of rotatable bonds is 5. The van der Waals surface area contributed by atoms with Gasteiger partial charge in [-0.05, 0) is 50.8 Å². The van der Waals surface area contributed by atoms with E-state index in [2.05, 4.69) is 11.8 Å². The molecular formula is C16H25N3O2. The summed E-state index contributed by atoms with van der Waals surface area (Å²) in [7, 11) is 0. The van der Waals surface area contributed by atoms with Crippen molar-refractivity contribution in [2.75, 3.05) is 18.0 Å². The average molecular weight is 291 g/mol. The van der Waals surface area contributed by atoms with E-state index in [0.29, 0.717) is 18.5 Å². The van der Waals surface area contributed by atoms with Crippen molar-refractivity contribution < 1.29 is 4.92 Å². The van der Waals surface area contributed by atoms with E-state index in [4.69, 9.17) is 5.73 Å². The zero-order chi connectivity index (χ0) is 15.4. The number of nitro groups is 1. The maximum Gasteiger partial charge on any atom is 0.269 e. The predicted molar refractivity (Wildman–Crippen MR) is 85.7 cm³/mol. The third-order valence-electron chi connectivity index (χ3n) is 4.61. The van der Waals surface area contributed by atoms with Crippen LogP contribution >= 0.6 is 0 Å². The van der Waals surface area contributed by atoms with Gasteiger partial charge >= 0.3 is 0 Å². The molecule has 0 aromatic heterocycles. The molecule has 1 aromatic rings. The highest BCUT2D eigenvalue weighted by molar-refractivity contribution is 5.58. The molecule has 1 aliphatic carbocycles. The number of aryl methyl sites for hydroxylation is 1. The normalized spacial score (nSPS) is 22.0. The quantitative estimate of drug-likeness (QED) is 0.667. The smallest absolute Gasteiger partial charge is 0.269 e. The van der Waals surface area contributed by atoms with E-state index in [1.165, 1.54) is 19.3 Å². The summed E-state index contributed by atoms with van der Waals surface area (Å²) in [5.41, 5.74) is 8.18. The lowest BCUT2D eigenvalue weighted by Crippen LogP contribution is -2.45. The fraction of sp³-hybridized carbons (Fsp3) is 0.625. The van der Waals surface area contributed by atoms with Crippen LogP contribution in [-0.2, 0) is 0 Å². The summed E-state index contributed by atoms with van der Waals surface area (Å²) in [5.74, 6) is 0.522. The van der Waals surface area contributed by atoms with E-state index in [9.17, 15) is 10.1 Å². The summed E-state index contributed by atoms with van der Waals surface area (Å²) in [4.78, 5) is 12.9. The third kappa shape index (κ3) is 3.35. The van der Waals surface area contributed by atoms with Gasteiger partial charge in [-0.2, -0.15) is 0 Å². The number of benzene rings is 1. The Morgan fingerprint density at radius 3 is 2.67 bits per heavy atom. The highest BCUT2D eigenvalue weighted by Crippen LogP contribution is 2.33. The van der Waals surface area contributed by atoms with Crippen molar-refractivity contribution in [3.05, 3.63) is 33.9 Å². The number of anilines is 1. The van der Waals surface area contributed by atoms with Gasteiger partial charge in [0.15, 0.2) is 0 Å². The van der Waals surface area contributed by atoms with Crippen LogP contribution in [0.1, 0.15) is 38.2 Å². The van der Waals surface area contributed by atoms with E-state index in [-0.39, 0.29) is 10.6 Å². The first-order valence-corrected chi connectivity index (χ1v) is 7.80. The molecule has 21 heavy (non-hydrogen) atoms. The van der Waals surface area contributed by atoms with E-state index in [0.717, 1.165) is 24.2 Å². The van der Waals surface area contributed by atoms with Crippen molar-refractivity contribution in [1.29, 1.82) is 0 Å². The first kappa shape index (κ1) is 15.8. The Hall–Kier alpha value is -1.62. The molecule has 0 saturated heterocycles. The van der Waals surface area contributed by atoms with Crippen LogP contribution in [0.4, 0.5) is 11.4 Å². The summed E-state index contributed by atoms with van der Waals surface area (Å²) in [5, 5.41) is 10.9. The Labute approximate surface area is 126 Å². The highest BCUT2D eigenvalue weighted by atomic mass is 16.6.